The number of fused-ring (bicyclic) bond motifs is 1. The maximum Gasteiger partial charge on any atom is 0.236 e. The van der Waals surface area contributed by atoms with Crippen molar-refractivity contribution in [1.29, 1.82) is 0 Å². The number of hydrogen-bond acceptors (Lipinski definition) is 4. The standard InChI is InChI=1S/C22H31N3O4/c1-2-9-29-19-12-16(21(27)24-13-20(23)26)7-8-18(19)25-22(28)17-10-14-5-3-4-6-15(14)11-17/h3-6,16-19H,2,7-13H2,1H3,(H2,23,26)(H,24,27)(H,25,28)/t16-,18-,19-/m0/s1. The molecule has 0 saturated heterocycles. The molecule has 0 heterocycles. The molecule has 2 aliphatic rings. The minimum Gasteiger partial charge on any atom is -0.376 e. The van der Waals surface area contributed by atoms with Crippen LogP contribution >= 0.6 is 0 Å². The fourth-order valence-corrected chi connectivity index (χ4v) is 4.35. The zero-order chi connectivity index (χ0) is 20.8. The Morgan fingerprint density at radius 1 is 1.07 bits per heavy atom. The van der Waals surface area contributed by atoms with Gasteiger partial charge in [-0.15, -0.1) is 0 Å². The van der Waals surface area contributed by atoms with Gasteiger partial charge in [0, 0.05) is 18.4 Å². The van der Waals surface area contributed by atoms with Crippen LogP contribution in [-0.2, 0) is 32.0 Å². The molecule has 1 aromatic carbocycles. The summed E-state index contributed by atoms with van der Waals surface area (Å²) in [6, 6.07) is 8.10. The SMILES string of the molecule is CCCO[C@H]1C[C@@H](C(=O)NCC(N)=O)CC[C@@H]1NC(=O)C1Cc2ccccc2C1. The van der Waals surface area contributed by atoms with Crippen LogP contribution in [0.4, 0.5) is 0 Å². The molecule has 3 rings (SSSR count). The van der Waals surface area contributed by atoms with E-state index in [0.717, 1.165) is 19.3 Å². The van der Waals surface area contributed by atoms with Crippen molar-refractivity contribution in [3.05, 3.63) is 35.4 Å². The topological polar surface area (TPSA) is 111 Å². The molecule has 158 valence electrons. The van der Waals surface area contributed by atoms with Crippen LogP contribution in [0.15, 0.2) is 24.3 Å². The summed E-state index contributed by atoms with van der Waals surface area (Å²) in [6.07, 6.45) is 4.05. The normalized spacial score (nSPS) is 24.0. The fourth-order valence-electron chi connectivity index (χ4n) is 4.35. The van der Waals surface area contributed by atoms with Crippen LogP contribution in [0.25, 0.3) is 0 Å². The Hall–Kier alpha value is -2.41. The second-order valence-corrected chi connectivity index (χ2v) is 8.09. The largest absolute Gasteiger partial charge is 0.376 e. The fraction of sp³-hybridized carbons (Fsp3) is 0.591. The lowest BCUT2D eigenvalue weighted by atomic mass is 9.82. The van der Waals surface area contributed by atoms with Gasteiger partial charge in [0.25, 0.3) is 0 Å². The smallest absolute Gasteiger partial charge is 0.236 e. The molecular weight excluding hydrogens is 370 g/mol. The molecule has 3 atom stereocenters. The number of rotatable bonds is 8. The number of benzene rings is 1. The van der Waals surface area contributed by atoms with Crippen LogP contribution in [0.2, 0.25) is 0 Å². The summed E-state index contributed by atoms with van der Waals surface area (Å²) in [7, 11) is 0. The molecule has 0 radical (unpaired) electrons. The summed E-state index contributed by atoms with van der Waals surface area (Å²) < 4.78 is 5.99. The first-order valence-electron chi connectivity index (χ1n) is 10.5. The second kappa shape index (κ2) is 9.87. The average Bonchev–Trinajstić information content (AvgIpc) is 3.15. The number of carbonyl (C=O) groups is 3. The van der Waals surface area contributed by atoms with Gasteiger partial charge >= 0.3 is 0 Å². The summed E-state index contributed by atoms with van der Waals surface area (Å²) >= 11 is 0. The maximum absolute atomic E-state index is 12.9. The van der Waals surface area contributed by atoms with Gasteiger partial charge in [-0.25, -0.2) is 0 Å². The zero-order valence-electron chi connectivity index (χ0n) is 17.0. The molecule has 0 unspecified atom stereocenters. The first-order valence-corrected chi connectivity index (χ1v) is 10.5. The lowest BCUT2D eigenvalue weighted by molar-refractivity contribution is -0.132. The third-order valence-corrected chi connectivity index (χ3v) is 5.88. The van der Waals surface area contributed by atoms with E-state index in [1.807, 2.05) is 19.1 Å². The minimum absolute atomic E-state index is 0.0455. The van der Waals surface area contributed by atoms with Gasteiger partial charge in [-0.2, -0.15) is 0 Å². The molecule has 0 spiro atoms. The summed E-state index contributed by atoms with van der Waals surface area (Å²) in [5.41, 5.74) is 7.61. The maximum atomic E-state index is 12.9. The lowest BCUT2D eigenvalue weighted by Gasteiger charge is -2.36. The van der Waals surface area contributed by atoms with Crippen molar-refractivity contribution in [2.24, 2.45) is 17.6 Å². The van der Waals surface area contributed by atoms with Crippen LogP contribution in [0, 0.1) is 11.8 Å². The van der Waals surface area contributed by atoms with Gasteiger partial charge in [-0.3, -0.25) is 14.4 Å². The molecule has 7 nitrogen and oxygen atoms in total. The molecule has 4 N–H and O–H groups in total. The van der Waals surface area contributed by atoms with Gasteiger partial charge in [-0.05, 0) is 49.7 Å². The van der Waals surface area contributed by atoms with Crippen molar-refractivity contribution >= 4 is 17.7 Å². The van der Waals surface area contributed by atoms with E-state index in [4.69, 9.17) is 10.5 Å². The van der Waals surface area contributed by atoms with Crippen molar-refractivity contribution in [3.8, 4) is 0 Å². The first-order chi connectivity index (χ1) is 14.0. The van der Waals surface area contributed by atoms with E-state index in [1.54, 1.807) is 0 Å². The molecule has 3 amide bonds. The van der Waals surface area contributed by atoms with E-state index in [0.29, 0.717) is 25.9 Å². The Morgan fingerprint density at radius 2 is 1.76 bits per heavy atom. The highest BCUT2D eigenvalue weighted by molar-refractivity contribution is 5.85. The molecule has 0 aromatic heterocycles. The van der Waals surface area contributed by atoms with E-state index in [1.165, 1.54) is 11.1 Å². The zero-order valence-corrected chi connectivity index (χ0v) is 17.0. The third kappa shape index (κ3) is 5.56. The third-order valence-electron chi connectivity index (χ3n) is 5.88. The lowest BCUT2D eigenvalue weighted by Crippen LogP contribution is -2.51. The average molecular weight is 402 g/mol. The van der Waals surface area contributed by atoms with Gasteiger partial charge in [0.15, 0.2) is 0 Å². The monoisotopic (exact) mass is 401 g/mol. The Kier molecular flexibility index (Phi) is 7.25. The van der Waals surface area contributed by atoms with Crippen LogP contribution in [0.5, 0.6) is 0 Å². The highest BCUT2D eigenvalue weighted by atomic mass is 16.5. The Labute approximate surface area is 171 Å². The Morgan fingerprint density at radius 3 is 2.38 bits per heavy atom. The molecular formula is C22H31N3O4. The highest BCUT2D eigenvalue weighted by Crippen LogP contribution is 2.30. The van der Waals surface area contributed by atoms with E-state index >= 15 is 0 Å². The number of carbonyl (C=O) groups excluding carboxylic acids is 3. The molecule has 0 aliphatic heterocycles. The molecule has 1 fully saturated rings. The predicted molar refractivity (Wildman–Crippen MR) is 109 cm³/mol. The van der Waals surface area contributed by atoms with Crippen LogP contribution in [-0.4, -0.2) is 43.0 Å². The molecule has 0 bridgehead atoms. The molecule has 1 aromatic rings. The first kappa shape index (κ1) is 21.3. The van der Waals surface area contributed by atoms with Crippen molar-refractivity contribution < 1.29 is 19.1 Å². The number of nitrogens with one attached hydrogen (secondary N) is 2. The van der Waals surface area contributed by atoms with Crippen LogP contribution in [0.3, 0.4) is 0 Å². The Balaban J connectivity index is 1.57. The number of nitrogens with two attached hydrogens (primary N) is 1. The quantitative estimate of drug-likeness (QED) is 0.605. The van der Waals surface area contributed by atoms with E-state index in [2.05, 4.69) is 22.8 Å². The van der Waals surface area contributed by atoms with Gasteiger partial charge in [0.2, 0.25) is 17.7 Å². The van der Waals surface area contributed by atoms with Crippen LogP contribution in [0.1, 0.15) is 43.7 Å². The number of hydrogen-bond donors (Lipinski definition) is 3. The van der Waals surface area contributed by atoms with Crippen molar-refractivity contribution in [2.75, 3.05) is 13.2 Å². The predicted octanol–water partition coefficient (Wildman–Crippen LogP) is 1.08. The number of ether oxygens (including phenoxy) is 1. The summed E-state index contributed by atoms with van der Waals surface area (Å²) in [4.78, 5) is 36.1. The van der Waals surface area contributed by atoms with Gasteiger partial charge in [-0.1, -0.05) is 31.2 Å². The summed E-state index contributed by atoms with van der Waals surface area (Å²) in [5, 5.41) is 5.78. The van der Waals surface area contributed by atoms with Gasteiger partial charge in [0.1, 0.15) is 0 Å². The Bertz CT molecular complexity index is 726. The summed E-state index contributed by atoms with van der Waals surface area (Å²) in [5.74, 6) is -0.954. The van der Waals surface area contributed by atoms with Crippen molar-refractivity contribution in [1.82, 2.24) is 10.6 Å². The second-order valence-electron chi connectivity index (χ2n) is 8.09. The number of primary amides is 1. The molecule has 29 heavy (non-hydrogen) atoms. The number of amides is 3. The van der Waals surface area contributed by atoms with E-state index < -0.39 is 5.91 Å². The van der Waals surface area contributed by atoms with E-state index in [-0.39, 0.29) is 42.3 Å². The van der Waals surface area contributed by atoms with Gasteiger partial charge in [0.05, 0.1) is 18.7 Å². The van der Waals surface area contributed by atoms with Crippen molar-refractivity contribution in [3.63, 3.8) is 0 Å². The molecule has 7 heteroatoms. The van der Waals surface area contributed by atoms with E-state index in [9.17, 15) is 14.4 Å². The van der Waals surface area contributed by atoms with Crippen LogP contribution < -0.4 is 16.4 Å². The summed E-state index contributed by atoms with van der Waals surface area (Å²) in [6.45, 7) is 2.46. The minimum atomic E-state index is -0.560. The van der Waals surface area contributed by atoms with Crippen molar-refractivity contribution in [2.45, 2.75) is 57.6 Å². The molecule has 2 aliphatic carbocycles. The van der Waals surface area contributed by atoms with Gasteiger partial charge < -0.3 is 21.1 Å². The molecule has 1 saturated carbocycles. The highest BCUT2D eigenvalue weighted by Gasteiger charge is 2.37.